The maximum Gasteiger partial charge on any atom is 0.338 e. The number of carbonyl (C=O) groups excluding carboxylic acids is 1. The molecule has 5 aromatic rings. The van der Waals surface area contributed by atoms with Gasteiger partial charge in [0.15, 0.2) is 4.80 Å². The molecule has 3 aromatic carbocycles. The third-order valence-electron chi connectivity index (χ3n) is 8.22. The van der Waals surface area contributed by atoms with Gasteiger partial charge in [-0.05, 0) is 62.2 Å². The molecule has 0 fully saturated rings. The highest BCUT2D eigenvalue weighted by atomic mass is 79.9. The predicted molar refractivity (Wildman–Crippen MR) is 188 cm³/mol. The Morgan fingerprint density at radius 2 is 1.87 bits per heavy atom. The van der Waals surface area contributed by atoms with Crippen LogP contribution in [0.3, 0.4) is 0 Å². The SMILES string of the molecule is CCCC1=C(C(=O)OCC)[C@H](c2cc(Br)ccc2OC)n2c(s/c(=C/c3c(C)n(Cc4ccccc4Cl)c4ccccc34)c2=O)=N1. The van der Waals surface area contributed by atoms with Gasteiger partial charge in [-0.15, -0.1) is 0 Å². The van der Waals surface area contributed by atoms with E-state index in [1.54, 1.807) is 18.6 Å². The number of hydrogen-bond donors (Lipinski definition) is 0. The molecule has 0 bridgehead atoms. The standard InChI is InChI=1S/C36H33BrClN3O4S/c1-5-11-28-32(35(43)45-6-2)33(26-18-23(37)16-17-30(26)44-4)41-34(42)31(46-36(41)39-28)19-25-21(3)40(29-15-10-8-13-24(25)29)20-22-12-7-9-14-27(22)38/h7-10,12-19,33H,5-6,11,20H2,1-4H3/b31-19+/t33-/m0/s1. The Bertz CT molecular complexity index is 2200. The summed E-state index contributed by atoms with van der Waals surface area (Å²) in [6.07, 6.45) is 3.27. The summed E-state index contributed by atoms with van der Waals surface area (Å²) < 4.78 is 16.5. The van der Waals surface area contributed by atoms with E-state index in [1.807, 2.05) is 67.6 Å². The lowest BCUT2D eigenvalue weighted by atomic mass is 9.93. The normalized spacial score (nSPS) is 14.8. The molecule has 1 atom stereocenters. The van der Waals surface area contributed by atoms with Gasteiger partial charge in [0.2, 0.25) is 0 Å². The van der Waals surface area contributed by atoms with Crippen LogP contribution in [-0.2, 0) is 16.1 Å². The number of fused-ring (bicyclic) bond motifs is 2. The molecule has 0 spiro atoms. The average Bonchev–Trinajstić information content (AvgIpc) is 3.50. The van der Waals surface area contributed by atoms with E-state index in [0.29, 0.717) is 49.9 Å². The van der Waals surface area contributed by atoms with Gasteiger partial charge in [0.25, 0.3) is 5.56 Å². The number of thiazole rings is 1. The molecule has 0 saturated carbocycles. The first-order chi connectivity index (χ1) is 22.3. The molecular weight excluding hydrogens is 686 g/mol. The minimum Gasteiger partial charge on any atom is -0.496 e. The van der Waals surface area contributed by atoms with Crippen molar-refractivity contribution in [3.05, 3.63) is 130 Å². The van der Waals surface area contributed by atoms with Gasteiger partial charge in [-0.25, -0.2) is 9.79 Å². The molecule has 10 heteroatoms. The van der Waals surface area contributed by atoms with Crippen molar-refractivity contribution in [1.82, 2.24) is 9.13 Å². The molecule has 46 heavy (non-hydrogen) atoms. The van der Waals surface area contributed by atoms with E-state index < -0.39 is 12.0 Å². The number of nitrogens with zero attached hydrogens (tertiary/aromatic N) is 3. The van der Waals surface area contributed by atoms with Gasteiger partial charge in [-0.3, -0.25) is 9.36 Å². The first kappa shape index (κ1) is 32.0. The zero-order valence-corrected chi connectivity index (χ0v) is 29.1. The number of allylic oxidation sites excluding steroid dienone is 1. The molecule has 236 valence electrons. The Morgan fingerprint density at radius 3 is 2.61 bits per heavy atom. The zero-order valence-electron chi connectivity index (χ0n) is 26.0. The quantitative estimate of drug-likeness (QED) is 0.150. The van der Waals surface area contributed by atoms with Crippen LogP contribution < -0.4 is 19.6 Å². The van der Waals surface area contributed by atoms with E-state index in [1.165, 1.54) is 11.3 Å². The smallest absolute Gasteiger partial charge is 0.338 e. The molecule has 0 unspecified atom stereocenters. The number of halogens is 2. The molecule has 0 radical (unpaired) electrons. The Labute approximate surface area is 284 Å². The average molecular weight is 719 g/mol. The minimum absolute atomic E-state index is 0.200. The molecule has 1 aliphatic rings. The summed E-state index contributed by atoms with van der Waals surface area (Å²) in [7, 11) is 1.58. The van der Waals surface area contributed by atoms with E-state index in [-0.39, 0.29) is 12.2 Å². The molecule has 0 N–H and O–H groups in total. The second-order valence-electron chi connectivity index (χ2n) is 11.0. The van der Waals surface area contributed by atoms with Crippen LogP contribution in [0.5, 0.6) is 5.75 Å². The summed E-state index contributed by atoms with van der Waals surface area (Å²) in [5.74, 6) is 0.0651. The number of para-hydroxylation sites is 1. The second kappa shape index (κ2) is 13.4. The number of esters is 1. The molecule has 0 aliphatic carbocycles. The predicted octanol–water partition coefficient (Wildman–Crippen LogP) is 7.31. The van der Waals surface area contributed by atoms with Crippen LogP contribution in [0, 0.1) is 6.92 Å². The minimum atomic E-state index is -0.783. The largest absolute Gasteiger partial charge is 0.496 e. The lowest BCUT2D eigenvalue weighted by Gasteiger charge is -2.27. The summed E-state index contributed by atoms with van der Waals surface area (Å²) in [5, 5.41) is 1.74. The van der Waals surface area contributed by atoms with E-state index in [0.717, 1.165) is 38.6 Å². The molecule has 3 heterocycles. The molecule has 2 aromatic heterocycles. The van der Waals surface area contributed by atoms with Gasteiger partial charge in [-0.1, -0.05) is 88.6 Å². The lowest BCUT2D eigenvalue weighted by molar-refractivity contribution is -0.139. The van der Waals surface area contributed by atoms with Crippen LogP contribution >= 0.6 is 38.9 Å². The van der Waals surface area contributed by atoms with Crippen molar-refractivity contribution in [2.45, 2.75) is 46.2 Å². The Balaban J connectivity index is 1.61. The summed E-state index contributed by atoms with van der Waals surface area (Å²) in [6, 6.07) is 20.8. The van der Waals surface area contributed by atoms with Crippen LogP contribution in [0.1, 0.15) is 55.1 Å². The highest BCUT2D eigenvalue weighted by Crippen LogP contribution is 2.38. The third kappa shape index (κ3) is 5.76. The molecule has 6 rings (SSSR count). The topological polar surface area (TPSA) is 74.8 Å². The van der Waals surface area contributed by atoms with Gasteiger partial charge in [0.1, 0.15) is 11.8 Å². The van der Waals surface area contributed by atoms with Crippen LogP contribution in [-0.4, -0.2) is 28.8 Å². The van der Waals surface area contributed by atoms with Gasteiger partial charge in [0.05, 0.1) is 29.5 Å². The highest BCUT2D eigenvalue weighted by Gasteiger charge is 2.36. The summed E-state index contributed by atoms with van der Waals surface area (Å²) in [4.78, 5) is 33.6. The van der Waals surface area contributed by atoms with Crippen molar-refractivity contribution in [3.8, 4) is 5.75 Å². The van der Waals surface area contributed by atoms with Crippen molar-refractivity contribution in [1.29, 1.82) is 0 Å². The third-order valence-corrected chi connectivity index (χ3v) is 10.1. The number of rotatable bonds is 9. The summed E-state index contributed by atoms with van der Waals surface area (Å²) in [6.45, 7) is 6.66. The summed E-state index contributed by atoms with van der Waals surface area (Å²) >= 11 is 11.5. The van der Waals surface area contributed by atoms with Gasteiger partial charge >= 0.3 is 5.97 Å². The number of hydrogen-bond acceptors (Lipinski definition) is 6. The van der Waals surface area contributed by atoms with Crippen LogP contribution in [0.4, 0.5) is 0 Å². The number of methoxy groups -OCH3 is 1. The van der Waals surface area contributed by atoms with Crippen molar-refractivity contribution < 1.29 is 14.3 Å². The molecule has 0 amide bonds. The van der Waals surface area contributed by atoms with E-state index in [4.69, 9.17) is 26.1 Å². The number of aromatic nitrogens is 2. The fraction of sp³-hybridized carbons (Fsp3) is 0.250. The molecule has 0 saturated heterocycles. The maximum absolute atomic E-state index is 14.5. The highest BCUT2D eigenvalue weighted by molar-refractivity contribution is 9.10. The van der Waals surface area contributed by atoms with Crippen LogP contribution in [0.25, 0.3) is 17.0 Å². The first-order valence-electron chi connectivity index (χ1n) is 15.1. The van der Waals surface area contributed by atoms with Crippen molar-refractivity contribution in [3.63, 3.8) is 0 Å². The monoisotopic (exact) mass is 717 g/mol. The van der Waals surface area contributed by atoms with E-state index in [9.17, 15) is 9.59 Å². The molecular formula is C36H33BrClN3O4S. The Kier molecular flexibility index (Phi) is 9.36. The Morgan fingerprint density at radius 1 is 1.11 bits per heavy atom. The van der Waals surface area contributed by atoms with Crippen molar-refractivity contribution in [2.24, 2.45) is 4.99 Å². The fourth-order valence-corrected chi connectivity index (χ4v) is 7.68. The van der Waals surface area contributed by atoms with Gasteiger partial charge < -0.3 is 14.0 Å². The second-order valence-corrected chi connectivity index (χ2v) is 13.3. The fourth-order valence-electron chi connectivity index (χ4n) is 6.11. The van der Waals surface area contributed by atoms with E-state index in [2.05, 4.69) is 39.6 Å². The zero-order chi connectivity index (χ0) is 32.5. The first-order valence-corrected chi connectivity index (χ1v) is 17.1. The van der Waals surface area contributed by atoms with Gasteiger partial charge in [-0.2, -0.15) is 0 Å². The number of carbonyl (C=O) groups is 1. The Hall–Kier alpha value is -3.92. The van der Waals surface area contributed by atoms with Gasteiger partial charge in [0, 0.05) is 43.8 Å². The summed E-state index contributed by atoms with van der Waals surface area (Å²) in [5.41, 5.74) is 5.42. The van der Waals surface area contributed by atoms with E-state index >= 15 is 0 Å². The number of benzene rings is 3. The van der Waals surface area contributed by atoms with Crippen molar-refractivity contribution in [2.75, 3.05) is 13.7 Å². The molecule has 7 nitrogen and oxygen atoms in total. The van der Waals surface area contributed by atoms with Crippen LogP contribution in [0.2, 0.25) is 5.02 Å². The van der Waals surface area contributed by atoms with Crippen LogP contribution in [0.15, 0.2) is 92.3 Å². The molecule has 1 aliphatic heterocycles. The maximum atomic E-state index is 14.5. The number of ether oxygens (including phenoxy) is 2. The lowest BCUT2D eigenvalue weighted by Crippen LogP contribution is -2.40. The van der Waals surface area contributed by atoms with Crippen molar-refractivity contribution >= 4 is 61.8 Å².